The molecule has 4 nitrogen and oxygen atoms in total. The minimum absolute atomic E-state index is 0.218. The fourth-order valence-corrected chi connectivity index (χ4v) is 4.97. The minimum atomic E-state index is -0.709. The van der Waals surface area contributed by atoms with Gasteiger partial charge < -0.3 is 0 Å². The summed E-state index contributed by atoms with van der Waals surface area (Å²) in [6, 6.07) is 8.08. The second-order valence-electron chi connectivity index (χ2n) is 5.68. The summed E-state index contributed by atoms with van der Waals surface area (Å²) >= 11 is -0.218. The van der Waals surface area contributed by atoms with Crippen molar-refractivity contribution < 1.29 is 9.90 Å². The molecule has 1 aromatic carbocycles. The van der Waals surface area contributed by atoms with Crippen LogP contribution in [0.2, 0.25) is 0 Å². The summed E-state index contributed by atoms with van der Waals surface area (Å²) in [4.78, 5) is 11.6. The van der Waals surface area contributed by atoms with Crippen LogP contribution in [-0.4, -0.2) is 36.6 Å². The molecule has 22 heavy (non-hydrogen) atoms. The summed E-state index contributed by atoms with van der Waals surface area (Å²) in [6.45, 7) is 3.89. The van der Waals surface area contributed by atoms with Crippen LogP contribution in [-0.2, 0) is 17.3 Å². The van der Waals surface area contributed by atoms with E-state index in [1.807, 2.05) is 37.5 Å². The van der Waals surface area contributed by atoms with Crippen LogP contribution in [0.25, 0.3) is 6.08 Å². The Bertz CT molecular complexity index is 732. The number of aliphatic carboxylic acids is 1. The molecule has 0 atom stereocenters. The number of nitrogens with zero attached hydrogens (tertiary/aromatic N) is 2. The second kappa shape index (κ2) is 5.77. The van der Waals surface area contributed by atoms with E-state index < -0.39 is 11.4 Å². The van der Waals surface area contributed by atoms with E-state index in [1.54, 1.807) is 4.68 Å². The molecule has 1 N–H and O–H groups in total. The average molecular weight is 357 g/mol. The number of carboxylic acid groups (broad SMARTS) is 1. The number of hydrogen-bond donors (Lipinski definition) is 1. The van der Waals surface area contributed by atoms with Gasteiger partial charge in [-0.3, -0.25) is 0 Å². The van der Waals surface area contributed by atoms with Crippen molar-refractivity contribution in [3.63, 3.8) is 0 Å². The third kappa shape index (κ3) is 2.52. The summed E-state index contributed by atoms with van der Waals surface area (Å²) in [6.07, 6.45) is 6.21. The molecule has 2 aromatic rings. The van der Waals surface area contributed by atoms with Gasteiger partial charge in [-0.25, -0.2) is 0 Å². The Labute approximate surface area is 136 Å². The van der Waals surface area contributed by atoms with Crippen molar-refractivity contribution in [1.82, 2.24) is 9.78 Å². The molecule has 0 saturated heterocycles. The van der Waals surface area contributed by atoms with Gasteiger partial charge in [0.05, 0.1) is 0 Å². The quantitative estimate of drug-likeness (QED) is 0.819. The van der Waals surface area contributed by atoms with Gasteiger partial charge in [0.15, 0.2) is 0 Å². The third-order valence-corrected chi connectivity index (χ3v) is 6.69. The number of carbonyl (C=O) groups is 1. The number of aryl methyl sites for hydroxylation is 1. The summed E-state index contributed by atoms with van der Waals surface area (Å²) in [7, 11) is 1.91. The molecule has 0 spiro atoms. The van der Waals surface area contributed by atoms with Gasteiger partial charge in [-0.15, -0.1) is 0 Å². The van der Waals surface area contributed by atoms with E-state index in [9.17, 15) is 9.90 Å². The zero-order chi connectivity index (χ0) is 15.7. The molecule has 0 unspecified atom stereocenters. The maximum atomic E-state index is 11.6. The van der Waals surface area contributed by atoms with Gasteiger partial charge >= 0.3 is 136 Å². The number of rotatable bonds is 5. The van der Waals surface area contributed by atoms with E-state index in [0.717, 1.165) is 34.9 Å². The molecule has 1 fully saturated rings. The first-order valence-electron chi connectivity index (χ1n) is 7.27. The van der Waals surface area contributed by atoms with Crippen molar-refractivity contribution in [3.8, 4) is 0 Å². The molecular formula is C17H18AsN2O2. The number of benzene rings is 1. The first kappa shape index (κ1) is 15.1. The second-order valence-corrected chi connectivity index (χ2v) is 8.12. The summed E-state index contributed by atoms with van der Waals surface area (Å²) in [5.41, 5.74) is 1.26. The van der Waals surface area contributed by atoms with Gasteiger partial charge in [0.2, 0.25) is 0 Å². The number of carboxylic acids is 1. The van der Waals surface area contributed by atoms with E-state index in [0.29, 0.717) is 0 Å². The van der Waals surface area contributed by atoms with E-state index in [2.05, 4.69) is 17.7 Å². The Balaban J connectivity index is 1.94. The van der Waals surface area contributed by atoms with Gasteiger partial charge in [-0.2, -0.15) is 0 Å². The molecular weight excluding hydrogens is 339 g/mol. The Morgan fingerprint density at radius 3 is 2.73 bits per heavy atom. The van der Waals surface area contributed by atoms with E-state index >= 15 is 0 Å². The van der Waals surface area contributed by atoms with Crippen LogP contribution in [0.4, 0.5) is 0 Å². The SMILES string of the molecule is C=Cc1cc(C2(C(=O)O)CCC2)ccc1[As]c1ccn(C)n1. The molecule has 1 aliphatic rings. The monoisotopic (exact) mass is 357 g/mol. The average Bonchev–Trinajstić information content (AvgIpc) is 2.84. The van der Waals surface area contributed by atoms with E-state index in [1.165, 1.54) is 4.35 Å². The van der Waals surface area contributed by atoms with Crippen LogP contribution in [0.5, 0.6) is 0 Å². The van der Waals surface area contributed by atoms with Crippen LogP contribution >= 0.6 is 0 Å². The first-order valence-corrected chi connectivity index (χ1v) is 9.14. The van der Waals surface area contributed by atoms with E-state index in [-0.39, 0.29) is 15.8 Å². The zero-order valence-corrected chi connectivity index (χ0v) is 14.4. The van der Waals surface area contributed by atoms with Crippen molar-refractivity contribution in [2.45, 2.75) is 24.7 Å². The van der Waals surface area contributed by atoms with Crippen LogP contribution in [0.1, 0.15) is 30.4 Å². The Morgan fingerprint density at radius 2 is 2.23 bits per heavy atom. The van der Waals surface area contributed by atoms with Gasteiger partial charge in [-0.05, 0) is 0 Å². The predicted octanol–water partition coefficient (Wildman–Crippen LogP) is 1.22. The predicted molar refractivity (Wildman–Crippen MR) is 87.9 cm³/mol. The molecule has 113 valence electrons. The van der Waals surface area contributed by atoms with Gasteiger partial charge in [0.1, 0.15) is 0 Å². The maximum absolute atomic E-state index is 11.6. The van der Waals surface area contributed by atoms with Crippen LogP contribution in [0.15, 0.2) is 37.0 Å². The molecule has 0 bridgehead atoms. The molecule has 1 heterocycles. The van der Waals surface area contributed by atoms with Gasteiger partial charge in [-0.1, -0.05) is 0 Å². The van der Waals surface area contributed by atoms with Gasteiger partial charge in [0, 0.05) is 0 Å². The fourth-order valence-electron chi connectivity index (χ4n) is 2.86. The van der Waals surface area contributed by atoms with Gasteiger partial charge in [0.25, 0.3) is 0 Å². The van der Waals surface area contributed by atoms with Crippen LogP contribution in [0.3, 0.4) is 0 Å². The Kier molecular flexibility index (Phi) is 3.96. The molecule has 1 radical (unpaired) electrons. The molecule has 1 aliphatic carbocycles. The third-order valence-electron chi connectivity index (χ3n) is 4.35. The van der Waals surface area contributed by atoms with E-state index in [4.69, 9.17) is 0 Å². The fraction of sp³-hybridized carbons (Fsp3) is 0.294. The summed E-state index contributed by atoms with van der Waals surface area (Å²) in [5, 5.41) is 14.0. The number of hydrogen-bond acceptors (Lipinski definition) is 2. The molecule has 3 rings (SSSR count). The standard InChI is InChI=1S/C17H18AsN2O2/c1-3-12-11-13(17(16(21)22)8-4-9-17)5-6-14(12)18-15-7-10-20(2)19-15/h3,5-7,10-11H,1,4,8-9H2,2H3,(H,21,22). The van der Waals surface area contributed by atoms with Crippen LogP contribution in [0, 0.1) is 0 Å². The van der Waals surface area contributed by atoms with Crippen molar-refractivity contribution in [2.24, 2.45) is 7.05 Å². The molecule has 1 saturated carbocycles. The Morgan fingerprint density at radius 1 is 1.45 bits per heavy atom. The van der Waals surface area contributed by atoms with Crippen molar-refractivity contribution >= 4 is 36.6 Å². The van der Waals surface area contributed by atoms with Crippen LogP contribution < -0.4 is 8.83 Å². The first-order chi connectivity index (χ1) is 10.5. The summed E-state index contributed by atoms with van der Waals surface area (Å²) < 4.78 is 4.11. The molecule has 0 amide bonds. The normalized spacial score (nSPS) is 16.6. The van der Waals surface area contributed by atoms with Crippen molar-refractivity contribution in [1.29, 1.82) is 0 Å². The molecule has 5 heteroatoms. The van der Waals surface area contributed by atoms with Crippen molar-refractivity contribution in [3.05, 3.63) is 48.2 Å². The summed E-state index contributed by atoms with van der Waals surface area (Å²) in [5.74, 6) is -0.709. The number of aromatic nitrogens is 2. The molecule has 0 aliphatic heterocycles. The topological polar surface area (TPSA) is 55.1 Å². The molecule has 1 aromatic heterocycles. The zero-order valence-electron chi connectivity index (χ0n) is 12.5. The Hall–Kier alpha value is -1.80. The van der Waals surface area contributed by atoms with Crippen molar-refractivity contribution in [2.75, 3.05) is 0 Å².